The van der Waals surface area contributed by atoms with Crippen molar-refractivity contribution < 1.29 is 18.4 Å². The average molecular weight is 370 g/mol. The Hall–Kier alpha value is -3.02. The summed E-state index contributed by atoms with van der Waals surface area (Å²) in [6.45, 7) is 4.52. The van der Waals surface area contributed by atoms with Crippen LogP contribution in [0.3, 0.4) is 0 Å². The Morgan fingerprint density at radius 3 is 2.63 bits per heavy atom. The summed E-state index contributed by atoms with van der Waals surface area (Å²) in [5.74, 6) is -2.64. The molecule has 0 saturated carbocycles. The minimum absolute atomic E-state index is 0.00190. The minimum Gasteiger partial charge on any atom is -0.334 e. The topological polar surface area (TPSA) is 40.6 Å². The molecular weight excluding hydrogens is 350 g/mol. The van der Waals surface area contributed by atoms with Crippen LogP contribution in [0.5, 0.6) is 0 Å². The molecule has 1 atom stereocenters. The summed E-state index contributed by atoms with van der Waals surface area (Å²) in [5.41, 5.74) is 0.966. The summed E-state index contributed by atoms with van der Waals surface area (Å²) in [4.78, 5) is 28.1. The summed E-state index contributed by atoms with van der Waals surface area (Å²) >= 11 is 0. The normalized spacial score (nSPS) is 16.4. The molecule has 0 aliphatic carbocycles. The molecule has 2 amide bonds. The van der Waals surface area contributed by atoms with Gasteiger partial charge in [-0.1, -0.05) is 36.4 Å². The van der Waals surface area contributed by atoms with Gasteiger partial charge in [-0.2, -0.15) is 0 Å². The van der Waals surface area contributed by atoms with Gasteiger partial charge in [-0.25, -0.2) is 8.78 Å². The van der Waals surface area contributed by atoms with Crippen LogP contribution in [0.1, 0.15) is 12.0 Å². The van der Waals surface area contributed by atoms with Crippen LogP contribution in [-0.4, -0.2) is 29.8 Å². The highest BCUT2D eigenvalue weighted by atomic mass is 19.1. The van der Waals surface area contributed by atoms with Crippen LogP contribution in [0.15, 0.2) is 61.2 Å². The van der Waals surface area contributed by atoms with Crippen LogP contribution < -0.4 is 4.90 Å². The molecule has 1 fully saturated rings. The third kappa shape index (κ3) is 4.22. The highest BCUT2D eigenvalue weighted by Crippen LogP contribution is 2.29. The van der Waals surface area contributed by atoms with Gasteiger partial charge in [0.15, 0.2) is 0 Å². The van der Waals surface area contributed by atoms with E-state index in [4.69, 9.17) is 0 Å². The minimum atomic E-state index is -0.816. The molecule has 0 radical (unpaired) electrons. The van der Waals surface area contributed by atoms with Crippen LogP contribution in [-0.2, 0) is 16.1 Å². The molecule has 1 heterocycles. The number of nitrogens with zero attached hydrogens (tertiary/aromatic N) is 2. The van der Waals surface area contributed by atoms with Crippen molar-refractivity contribution in [3.8, 4) is 0 Å². The molecule has 1 saturated heterocycles. The van der Waals surface area contributed by atoms with Crippen LogP contribution in [0.25, 0.3) is 0 Å². The number of carbonyl (C=O) groups excluding carboxylic acids is 2. The zero-order valence-electron chi connectivity index (χ0n) is 14.8. The summed E-state index contributed by atoms with van der Waals surface area (Å²) in [6, 6.07) is 12.6. The largest absolute Gasteiger partial charge is 0.334 e. The molecule has 2 aromatic rings. The van der Waals surface area contributed by atoms with Gasteiger partial charge in [-0.15, -0.1) is 6.58 Å². The van der Waals surface area contributed by atoms with Gasteiger partial charge in [0.25, 0.3) is 0 Å². The smallest absolute Gasteiger partial charge is 0.228 e. The van der Waals surface area contributed by atoms with Crippen LogP contribution >= 0.6 is 0 Å². The summed E-state index contributed by atoms with van der Waals surface area (Å²) in [6.07, 6.45) is 1.63. The molecule has 27 heavy (non-hydrogen) atoms. The Labute approximate surface area is 156 Å². The molecule has 140 valence electrons. The summed E-state index contributed by atoms with van der Waals surface area (Å²) in [5, 5.41) is 0. The number of carbonyl (C=O) groups is 2. The number of benzene rings is 2. The molecule has 0 spiro atoms. The fraction of sp³-hybridized carbons (Fsp3) is 0.238. The Balaban J connectivity index is 1.75. The third-order valence-electron chi connectivity index (χ3n) is 4.55. The lowest BCUT2D eigenvalue weighted by molar-refractivity contribution is -0.135. The maximum absolute atomic E-state index is 14.0. The van der Waals surface area contributed by atoms with E-state index in [2.05, 4.69) is 6.58 Å². The van der Waals surface area contributed by atoms with Gasteiger partial charge in [0.05, 0.1) is 11.6 Å². The van der Waals surface area contributed by atoms with Gasteiger partial charge in [-0.05, 0) is 17.7 Å². The van der Waals surface area contributed by atoms with E-state index < -0.39 is 17.6 Å². The number of rotatable bonds is 6. The van der Waals surface area contributed by atoms with E-state index >= 15 is 0 Å². The van der Waals surface area contributed by atoms with E-state index in [-0.39, 0.29) is 30.5 Å². The Bertz CT molecular complexity index is 855. The molecule has 2 aromatic carbocycles. The number of halogens is 2. The first-order valence-corrected chi connectivity index (χ1v) is 8.68. The monoisotopic (exact) mass is 370 g/mol. The lowest BCUT2D eigenvalue weighted by Crippen LogP contribution is -2.37. The molecule has 1 aliphatic rings. The van der Waals surface area contributed by atoms with Crippen molar-refractivity contribution in [1.29, 1.82) is 0 Å². The van der Waals surface area contributed by atoms with Crippen molar-refractivity contribution in [3.05, 3.63) is 78.4 Å². The summed E-state index contributed by atoms with van der Waals surface area (Å²) in [7, 11) is 0. The zero-order valence-corrected chi connectivity index (χ0v) is 14.8. The Kier molecular flexibility index (Phi) is 5.64. The first-order chi connectivity index (χ1) is 13.0. The number of hydrogen-bond donors (Lipinski definition) is 0. The predicted octanol–water partition coefficient (Wildman–Crippen LogP) is 3.53. The standard InChI is InChI=1S/C21H20F2N2O2/c1-2-10-24(13-15-6-4-3-5-7-15)21(27)16-11-20(26)25(14-16)19-9-8-17(22)12-18(19)23/h2-9,12,16H,1,10-11,13-14H2. The maximum atomic E-state index is 14.0. The van der Waals surface area contributed by atoms with Gasteiger partial charge in [-0.3, -0.25) is 9.59 Å². The van der Waals surface area contributed by atoms with Gasteiger partial charge >= 0.3 is 0 Å². The Morgan fingerprint density at radius 2 is 1.96 bits per heavy atom. The van der Waals surface area contributed by atoms with Crippen molar-refractivity contribution in [1.82, 2.24) is 4.90 Å². The molecule has 1 aliphatic heterocycles. The van der Waals surface area contributed by atoms with E-state index in [1.54, 1.807) is 11.0 Å². The fourth-order valence-electron chi connectivity index (χ4n) is 3.26. The van der Waals surface area contributed by atoms with E-state index in [1.807, 2.05) is 30.3 Å². The average Bonchev–Trinajstić information content (AvgIpc) is 3.03. The molecule has 0 N–H and O–H groups in total. The van der Waals surface area contributed by atoms with Crippen molar-refractivity contribution >= 4 is 17.5 Å². The van der Waals surface area contributed by atoms with Crippen molar-refractivity contribution in [2.75, 3.05) is 18.0 Å². The number of hydrogen-bond acceptors (Lipinski definition) is 2. The van der Waals surface area contributed by atoms with Crippen molar-refractivity contribution in [2.24, 2.45) is 5.92 Å². The van der Waals surface area contributed by atoms with Gasteiger partial charge in [0.2, 0.25) is 11.8 Å². The fourth-order valence-corrected chi connectivity index (χ4v) is 3.26. The SMILES string of the molecule is C=CCN(Cc1ccccc1)C(=O)C1CC(=O)N(c2ccc(F)cc2F)C1. The lowest BCUT2D eigenvalue weighted by Gasteiger charge is -2.24. The number of amides is 2. The maximum Gasteiger partial charge on any atom is 0.228 e. The van der Waals surface area contributed by atoms with Crippen molar-refractivity contribution in [3.63, 3.8) is 0 Å². The van der Waals surface area contributed by atoms with Crippen LogP contribution in [0.4, 0.5) is 14.5 Å². The molecule has 1 unspecified atom stereocenters. The van der Waals surface area contributed by atoms with Crippen molar-refractivity contribution in [2.45, 2.75) is 13.0 Å². The second-order valence-corrected chi connectivity index (χ2v) is 6.49. The predicted molar refractivity (Wildman–Crippen MR) is 98.9 cm³/mol. The first kappa shape index (κ1) is 18.8. The van der Waals surface area contributed by atoms with Crippen LogP contribution in [0, 0.1) is 17.6 Å². The second-order valence-electron chi connectivity index (χ2n) is 6.49. The highest BCUT2D eigenvalue weighted by molar-refractivity contribution is 6.00. The molecule has 0 bridgehead atoms. The van der Waals surface area contributed by atoms with E-state index in [0.29, 0.717) is 13.1 Å². The number of anilines is 1. The molecular formula is C21H20F2N2O2. The van der Waals surface area contributed by atoms with Crippen LogP contribution in [0.2, 0.25) is 0 Å². The first-order valence-electron chi connectivity index (χ1n) is 8.68. The summed E-state index contributed by atoms with van der Waals surface area (Å²) < 4.78 is 27.1. The molecule has 6 heteroatoms. The Morgan fingerprint density at radius 1 is 1.22 bits per heavy atom. The molecule has 0 aromatic heterocycles. The lowest BCUT2D eigenvalue weighted by atomic mass is 10.1. The highest BCUT2D eigenvalue weighted by Gasteiger charge is 2.38. The van der Waals surface area contributed by atoms with E-state index in [0.717, 1.165) is 17.7 Å². The molecule has 3 rings (SSSR count). The van der Waals surface area contributed by atoms with E-state index in [9.17, 15) is 18.4 Å². The second kappa shape index (κ2) is 8.12. The molecule has 4 nitrogen and oxygen atoms in total. The van der Waals surface area contributed by atoms with E-state index in [1.165, 1.54) is 11.0 Å². The van der Waals surface area contributed by atoms with Gasteiger partial charge in [0, 0.05) is 32.1 Å². The van der Waals surface area contributed by atoms with Gasteiger partial charge in [0.1, 0.15) is 11.6 Å². The quantitative estimate of drug-likeness (QED) is 0.730. The third-order valence-corrected chi connectivity index (χ3v) is 4.55. The van der Waals surface area contributed by atoms with Gasteiger partial charge < -0.3 is 9.80 Å². The zero-order chi connectivity index (χ0) is 19.4.